The van der Waals surface area contributed by atoms with Gasteiger partial charge in [0.25, 0.3) is 11.6 Å². The van der Waals surface area contributed by atoms with Crippen LogP contribution in [0.1, 0.15) is 10.4 Å². The molecule has 0 fully saturated rings. The SMILES string of the molecule is O=C(c1ccc([N+](=O)[O-])cc1)n1ccnc1-c1cccc(Cl)c1. The number of hydrogen-bond donors (Lipinski definition) is 0. The van der Waals surface area contributed by atoms with E-state index in [2.05, 4.69) is 4.98 Å². The van der Waals surface area contributed by atoms with Gasteiger partial charge in [-0.2, -0.15) is 0 Å². The maximum Gasteiger partial charge on any atom is 0.269 e. The van der Waals surface area contributed by atoms with E-state index >= 15 is 0 Å². The quantitative estimate of drug-likeness (QED) is 0.541. The van der Waals surface area contributed by atoms with Gasteiger partial charge >= 0.3 is 0 Å². The Balaban J connectivity index is 1.98. The van der Waals surface area contributed by atoms with Gasteiger partial charge in [0.2, 0.25) is 0 Å². The van der Waals surface area contributed by atoms with Crippen molar-refractivity contribution < 1.29 is 9.72 Å². The van der Waals surface area contributed by atoms with Crippen molar-refractivity contribution in [3.05, 3.63) is 81.6 Å². The molecule has 114 valence electrons. The molecule has 0 N–H and O–H groups in total. The van der Waals surface area contributed by atoms with Gasteiger partial charge in [-0.05, 0) is 24.3 Å². The summed E-state index contributed by atoms with van der Waals surface area (Å²) in [5.74, 6) is 0.128. The van der Waals surface area contributed by atoms with Crippen molar-refractivity contribution in [2.24, 2.45) is 0 Å². The number of carbonyl (C=O) groups excluding carboxylic acids is 1. The summed E-state index contributed by atoms with van der Waals surface area (Å²) in [6.07, 6.45) is 3.06. The first-order valence-electron chi connectivity index (χ1n) is 6.65. The van der Waals surface area contributed by atoms with Gasteiger partial charge in [-0.15, -0.1) is 0 Å². The summed E-state index contributed by atoms with van der Waals surface area (Å²) in [4.78, 5) is 26.9. The number of aromatic nitrogens is 2. The van der Waals surface area contributed by atoms with Gasteiger partial charge in [-0.3, -0.25) is 19.5 Å². The Hall–Kier alpha value is -2.99. The highest BCUT2D eigenvalue weighted by Gasteiger charge is 2.15. The van der Waals surface area contributed by atoms with Crippen LogP contribution in [0.15, 0.2) is 60.9 Å². The first-order chi connectivity index (χ1) is 11.1. The van der Waals surface area contributed by atoms with Crippen LogP contribution in [-0.2, 0) is 0 Å². The van der Waals surface area contributed by atoms with Crippen molar-refractivity contribution in [1.29, 1.82) is 0 Å². The summed E-state index contributed by atoms with van der Waals surface area (Å²) in [6, 6.07) is 12.4. The molecule has 0 aliphatic carbocycles. The Bertz CT molecular complexity index is 888. The van der Waals surface area contributed by atoms with E-state index in [0.29, 0.717) is 22.0 Å². The highest BCUT2D eigenvalue weighted by molar-refractivity contribution is 6.30. The van der Waals surface area contributed by atoms with E-state index in [0.717, 1.165) is 0 Å². The van der Waals surface area contributed by atoms with Crippen LogP contribution in [0.4, 0.5) is 5.69 Å². The summed E-state index contributed by atoms with van der Waals surface area (Å²) in [5, 5.41) is 11.2. The van der Waals surface area contributed by atoms with Crippen molar-refractivity contribution in [3.8, 4) is 11.4 Å². The van der Waals surface area contributed by atoms with Crippen LogP contribution in [0, 0.1) is 10.1 Å². The number of nitro benzene ring substituents is 1. The Morgan fingerprint density at radius 2 is 1.91 bits per heavy atom. The molecule has 1 aromatic heterocycles. The van der Waals surface area contributed by atoms with Gasteiger partial charge in [0.15, 0.2) is 0 Å². The second-order valence-electron chi connectivity index (χ2n) is 4.74. The van der Waals surface area contributed by atoms with Gasteiger partial charge in [0.1, 0.15) is 5.82 Å². The Kier molecular flexibility index (Phi) is 3.91. The highest BCUT2D eigenvalue weighted by Crippen LogP contribution is 2.22. The van der Waals surface area contributed by atoms with Crippen molar-refractivity contribution in [2.75, 3.05) is 0 Å². The zero-order chi connectivity index (χ0) is 16.4. The summed E-state index contributed by atoms with van der Waals surface area (Å²) >= 11 is 5.97. The maximum absolute atomic E-state index is 12.6. The van der Waals surface area contributed by atoms with Gasteiger partial charge < -0.3 is 0 Å². The monoisotopic (exact) mass is 327 g/mol. The van der Waals surface area contributed by atoms with Gasteiger partial charge in [-0.1, -0.05) is 23.7 Å². The van der Waals surface area contributed by atoms with E-state index < -0.39 is 4.92 Å². The third-order valence-electron chi connectivity index (χ3n) is 3.27. The third kappa shape index (κ3) is 2.97. The fourth-order valence-corrected chi connectivity index (χ4v) is 2.36. The molecule has 0 saturated heterocycles. The van der Waals surface area contributed by atoms with Crippen molar-refractivity contribution in [1.82, 2.24) is 9.55 Å². The lowest BCUT2D eigenvalue weighted by atomic mass is 10.1. The molecule has 7 heteroatoms. The van der Waals surface area contributed by atoms with Crippen molar-refractivity contribution in [3.63, 3.8) is 0 Å². The summed E-state index contributed by atoms with van der Waals surface area (Å²) < 4.78 is 1.38. The van der Waals surface area contributed by atoms with E-state index in [1.807, 2.05) is 0 Å². The lowest BCUT2D eigenvalue weighted by molar-refractivity contribution is -0.384. The number of rotatable bonds is 3. The van der Waals surface area contributed by atoms with Crippen LogP contribution in [0.5, 0.6) is 0 Å². The van der Waals surface area contributed by atoms with E-state index in [1.165, 1.54) is 35.0 Å². The molecule has 3 aromatic rings. The number of halogens is 1. The molecule has 2 aromatic carbocycles. The fraction of sp³-hybridized carbons (Fsp3) is 0. The molecular weight excluding hydrogens is 318 g/mol. The Morgan fingerprint density at radius 3 is 2.57 bits per heavy atom. The predicted octanol–water partition coefficient (Wildman–Crippen LogP) is 3.80. The van der Waals surface area contributed by atoms with Crippen molar-refractivity contribution >= 4 is 23.2 Å². The molecule has 0 aliphatic rings. The highest BCUT2D eigenvalue weighted by atomic mass is 35.5. The standard InChI is InChI=1S/C16H10ClN3O3/c17-13-3-1-2-12(10-13)15-18-8-9-19(15)16(21)11-4-6-14(7-5-11)20(22)23/h1-10H. The number of nitro groups is 1. The molecule has 0 atom stereocenters. The number of non-ortho nitro benzene ring substituents is 1. The van der Waals surface area contributed by atoms with Gasteiger partial charge in [-0.25, -0.2) is 4.98 Å². The minimum atomic E-state index is -0.511. The molecule has 0 radical (unpaired) electrons. The average molecular weight is 328 g/mol. The first kappa shape index (κ1) is 14.9. The molecule has 0 aliphatic heterocycles. The lowest BCUT2D eigenvalue weighted by Gasteiger charge is -2.07. The van der Waals surface area contributed by atoms with Crippen molar-refractivity contribution in [2.45, 2.75) is 0 Å². The molecule has 6 nitrogen and oxygen atoms in total. The molecule has 0 unspecified atom stereocenters. The maximum atomic E-state index is 12.6. The largest absolute Gasteiger partial charge is 0.269 e. The van der Waals surface area contributed by atoms with Gasteiger partial charge in [0, 0.05) is 40.7 Å². The van der Waals surface area contributed by atoms with Crippen LogP contribution >= 0.6 is 11.6 Å². The zero-order valence-corrected chi connectivity index (χ0v) is 12.5. The third-order valence-corrected chi connectivity index (χ3v) is 3.50. The van der Waals surface area contributed by atoms with Crippen LogP contribution in [-0.4, -0.2) is 20.4 Å². The molecule has 23 heavy (non-hydrogen) atoms. The molecule has 0 spiro atoms. The molecule has 0 saturated carbocycles. The summed E-state index contributed by atoms with van der Waals surface area (Å²) in [5.41, 5.74) is 0.969. The molecule has 0 bridgehead atoms. The minimum absolute atomic E-state index is 0.0674. The summed E-state index contributed by atoms with van der Waals surface area (Å²) in [7, 11) is 0. The fourth-order valence-electron chi connectivity index (χ4n) is 2.17. The smallest absolute Gasteiger partial charge is 0.268 e. The Labute approximate surface area is 136 Å². The van der Waals surface area contributed by atoms with Gasteiger partial charge in [0.05, 0.1) is 4.92 Å². The molecule has 1 heterocycles. The molecular formula is C16H10ClN3O3. The van der Waals surface area contributed by atoms with Crippen LogP contribution < -0.4 is 0 Å². The average Bonchev–Trinajstić information content (AvgIpc) is 3.04. The van der Waals surface area contributed by atoms with Crippen LogP contribution in [0.25, 0.3) is 11.4 Å². The van der Waals surface area contributed by atoms with E-state index in [1.54, 1.807) is 30.5 Å². The minimum Gasteiger partial charge on any atom is -0.268 e. The number of nitrogens with zero attached hydrogens (tertiary/aromatic N) is 3. The number of benzene rings is 2. The number of carbonyl (C=O) groups is 1. The van der Waals surface area contributed by atoms with E-state index in [9.17, 15) is 14.9 Å². The van der Waals surface area contributed by atoms with Crippen LogP contribution in [0.3, 0.4) is 0 Å². The topological polar surface area (TPSA) is 78.0 Å². The first-order valence-corrected chi connectivity index (χ1v) is 7.02. The second-order valence-corrected chi connectivity index (χ2v) is 5.18. The predicted molar refractivity (Wildman–Crippen MR) is 85.5 cm³/mol. The second kappa shape index (κ2) is 6.02. The molecule has 3 rings (SSSR count). The molecule has 0 amide bonds. The number of imidazole rings is 1. The van der Waals surface area contributed by atoms with E-state index in [-0.39, 0.29) is 11.6 Å². The lowest BCUT2D eigenvalue weighted by Crippen LogP contribution is -2.12. The van der Waals surface area contributed by atoms with E-state index in [4.69, 9.17) is 11.6 Å². The van der Waals surface area contributed by atoms with Crippen LogP contribution in [0.2, 0.25) is 5.02 Å². The Morgan fingerprint density at radius 1 is 1.17 bits per heavy atom. The number of hydrogen-bond acceptors (Lipinski definition) is 4. The normalized spacial score (nSPS) is 10.5. The zero-order valence-electron chi connectivity index (χ0n) is 11.7. The summed E-state index contributed by atoms with van der Waals surface area (Å²) in [6.45, 7) is 0.